The summed E-state index contributed by atoms with van der Waals surface area (Å²) >= 11 is 0. The summed E-state index contributed by atoms with van der Waals surface area (Å²) in [5, 5.41) is 0. The summed E-state index contributed by atoms with van der Waals surface area (Å²) < 4.78 is 5.03. The highest BCUT2D eigenvalue weighted by molar-refractivity contribution is 5.46. The molecular weight excluding hydrogens is 164 g/mol. The molecule has 1 aromatic heterocycles. The van der Waals surface area contributed by atoms with E-state index in [0.29, 0.717) is 11.6 Å². The Morgan fingerprint density at radius 3 is 2.31 bits per heavy atom. The summed E-state index contributed by atoms with van der Waals surface area (Å²) in [6.45, 7) is 6.30. The summed E-state index contributed by atoms with van der Waals surface area (Å²) in [5.41, 5.74) is 6.70. The molecule has 0 amide bonds. The first-order valence-corrected chi connectivity index (χ1v) is 4.26. The second-order valence-corrected chi connectivity index (χ2v) is 4.03. The second-order valence-electron chi connectivity index (χ2n) is 4.03. The molecule has 3 nitrogen and oxygen atoms in total. The van der Waals surface area contributed by atoms with Crippen molar-refractivity contribution in [1.29, 1.82) is 0 Å². The van der Waals surface area contributed by atoms with Crippen molar-refractivity contribution in [2.45, 2.75) is 26.2 Å². The van der Waals surface area contributed by atoms with Crippen LogP contribution in [-0.2, 0) is 5.41 Å². The zero-order valence-corrected chi connectivity index (χ0v) is 8.59. The van der Waals surface area contributed by atoms with E-state index in [0.717, 1.165) is 5.69 Å². The Labute approximate surface area is 78.9 Å². The lowest BCUT2D eigenvalue weighted by molar-refractivity contribution is 0.414. The molecule has 72 valence electrons. The Kier molecular flexibility index (Phi) is 2.45. The highest BCUT2D eigenvalue weighted by atomic mass is 16.5. The van der Waals surface area contributed by atoms with Gasteiger partial charge >= 0.3 is 0 Å². The number of anilines is 1. The van der Waals surface area contributed by atoms with Gasteiger partial charge in [0.25, 0.3) is 0 Å². The van der Waals surface area contributed by atoms with Crippen LogP contribution in [0.25, 0.3) is 0 Å². The van der Waals surface area contributed by atoms with E-state index in [9.17, 15) is 0 Å². The van der Waals surface area contributed by atoms with Crippen LogP contribution in [0.5, 0.6) is 5.75 Å². The van der Waals surface area contributed by atoms with E-state index < -0.39 is 0 Å². The lowest BCUT2D eigenvalue weighted by Crippen LogP contribution is -2.14. The molecule has 0 unspecified atom stereocenters. The van der Waals surface area contributed by atoms with Crippen molar-refractivity contribution in [2.24, 2.45) is 0 Å². The monoisotopic (exact) mass is 180 g/mol. The first-order chi connectivity index (χ1) is 5.95. The average Bonchev–Trinajstić information content (AvgIpc) is 2.02. The van der Waals surface area contributed by atoms with Crippen LogP contribution in [0.4, 0.5) is 5.82 Å². The molecule has 3 heteroatoms. The van der Waals surface area contributed by atoms with E-state index in [2.05, 4.69) is 25.8 Å². The van der Waals surface area contributed by atoms with Gasteiger partial charge in [-0.3, -0.25) is 0 Å². The van der Waals surface area contributed by atoms with Crippen LogP contribution < -0.4 is 10.5 Å². The molecule has 13 heavy (non-hydrogen) atoms. The number of ether oxygens (including phenoxy) is 1. The van der Waals surface area contributed by atoms with Crippen molar-refractivity contribution in [3.8, 4) is 5.75 Å². The van der Waals surface area contributed by atoms with Crippen molar-refractivity contribution >= 4 is 5.82 Å². The predicted molar refractivity (Wildman–Crippen MR) is 53.9 cm³/mol. The zero-order valence-electron chi connectivity index (χ0n) is 8.59. The molecule has 1 heterocycles. The molecule has 0 aliphatic carbocycles. The molecule has 1 rings (SSSR count). The zero-order chi connectivity index (χ0) is 10.1. The van der Waals surface area contributed by atoms with E-state index >= 15 is 0 Å². The largest absolute Gasteiger partial charge is 0.493 e. The summed E-state index contributed by atoms with van der Waals surface area (Å²) in [6, 6.07) is 3.79. The molecule has 0 bridgehead atoms. The summed E-state index contributed by atoms with van der Waals surface area (Å²) in [6.07, 6.45) is 0. The quantitative estimate of drug-likeness (QED) is 0.718. The predicted octanol–water partition coefficient (Wildman–Crippen LogP) is 1.97. The van der Waals surface area contributed by atoms with Crippen LogP contribution in [0.3, 0.4) is 0 Å². The molecule has 0 aliphatic rings. The number of hydrogen-bond acceptors (Lipinski definition) is 3. The van der Waals surface area contributed by atoms with Gasteiger partial charge in [-0.05, 0) is 12.1 Å². The number of nitrogens with zero attached hydrogens (tertiary/aromatic N) is 1. The number of rotatable bonds is 1. The number of nitrogen functional groups attached to an aromatic ring is 1. The second kappa shape index (κ2) is 3.24. The Hall–Kier alpha value is -1.25. The minimum absolute atomic E-state index is 0.0282. The fraction of sp³-hybridized carbons (Fsp3) is 0.500. The molecule has 1 aromatic rings. The van der Waals surface area contributed by atoms with Gasteiger partial charge in [0.1, 0.15) is 0 Å². The summed E-state index contributed by atoms with van der Waals surface area (Å²) in [5.74, 6) is 1.09. The van der Waals surface area contributed by atoms with E-state index in [-0.39, 0.29) is 5.41 Å². The van der Waals surface area contributed by atoms with Crippen molar-refractivity contribution in [2.75, 3.05) is 12.8 Å². The molecule has 0 saturated heterocycles. The molecule has 0 atom stereocenters. The minimum atomic E-state index is 0.0282. The average molecular weight is 180 g/mol. The highest BCUT2D eigenvalue weighted by Gasteiger charge is 2.16. The van der Waals surface area contributed by atoms with Gasteiger partial charge in [-0.2, -0.15) is 0 Å². The fourth-order valence-corrected chi connectivity index (χ4v) is 1.05. The molecule has 0 aromatic carbocycles. The van der Waals surface area contributed by atoms with Crippen LogP contribution in [0.15, 0.2) is 12.1 Å². The summed E-state index contributed by atoms with van der Waals surface area (Å²) in [4.78, 5) is 4.27. The van der Waals surface area contributed by atoms with Crippen molar-refractivity contribution in [3.63, 3.8) is 0 Å². The normalized spacial score (nSPS) is 11.4. The molecule has 0 radical (unpaired) electrons. The maximum absolute atomic E-state index is 5.69. The van der Waals surface area contributed by atoms with Gasteiger partial charge in [0.2, 0.25) is 0 Å². The van der Waals surface area contributed by atoms with Crippen LogP contribution in [-0.4, -0.2) is 12.1 Å². The van der Waals surface area contributed by atoms with Gasteiger partial charge in [-0.25, -0.2) is 4.98 Å². The van der Waals surface area contributed by atoms with Gasteiger partial charge in [-0.15, -0.1) is 0 Å². The van der Waals surface area contributed by atoms with E-state index in [1.54, 1.807) is 7.11 Å². The maximum atomic E-state index is 5.69. The first-order valence-electron chi connectivity index (χ1n) is 4.26. The van der Waals surface area contributed by atoms with E-state index in [4.69, 9.17) is 10.5 Å². The summed E-state index contributed by atoms with van der Waals surface area (Å²) in [7, 11) is 1.59. The van der Waals surface area contributed by atoms with Crippen LogP contribution in [0, 0.1) is 0 Å². The number of aromatic nitrogens is 1. The third kappa shape index (κ3) is 2.11. The lowest BCUT2D eigenvalue weighted by Gasteiger charge is -2.18. The maximum Gasteiger partial charge on any atom is 0.166 e. The molecule has 0 spiro atoms. The fourth-order valence-electron chi connectivity index (χ4n) is 1.05. The van der Waals surface area contributed by atoms with Gasteiger partial charge in [0.05, 0.1) is 7.11 Å². The van der Waals surface area contributed by atoms with Gasteiger partial charge in [-0.1, -0.05) is 20.8 Å². The van der Waals surface area contributed by atoms with Gasteiger partial charge in [0.15, 0.2) is 11.6 Å². The van der Waals surface area contributed by atoms with Crippen molar-refractivity contribution < 1.29 is 4.74 Å². The molecule has 2 N–H and O–H groups in total. The number of pyridine rings is 1. The van der Waals surface area contributed by atoms with Crippen LogP contribution in [0.2, 0.25) is 0 Å². The smallest absolute Gasteiger partial charge is 0.166 e. The van der Waals surface area contributed by atoms with E-state index in [1.165, 1.54) is 0 Å². The molecule has 0 fully saturated rings. The van der Waals surface area contributed by atoms with Gasteiger partial charge in [0, 0.05) is 11.1 Å². The van der Waals surface area contributed by atoms with E-state index in [1.807, 2.05) is 12.1 Å². The first kappa shape index (κ1) is 9.84. The minimum Gasteiger partial charge on any atom is -0.493 e. The third-order valence-corrected chi connectivity index (χ3v) is 1.87. The lowest BCUT2D eigenvalue weighted by atomic mass is 9.92. The number of hydrogen-bond donors (Lipinski definition) is 1. The standard InChI is InChI=1S/C10H16N2O/c1-10(2,3)8-6-5-7(13-4)9(11)12-8/h5-6H,1-4H3,(H2,11,12). The Bertz CT molecular complexity index is 302. The topological polar surface area (TPSA) is 48.1 Å². The van der Waals surface area contributed by atoms with Crippen LogP contribution >= 0.6 is 0 Å². The Balaban J connectivity index is 3.10. The van der Waals surface area contributed by atoms with Crippen molar-refractivity contribution in [1.82, 2.24) is 4.98 Å². The molecule has 0 aliphatic heterocycles. The Morgan fingerprint density at radius 1 is 1.31 bits per heavy atom. The third-order valence-electron chi connectivity index (χ3n) is 1.87. The van der Waals surface area contributed by atoms with Gasteiger partial charge < -0.3 is 10.5 Å². The highest BCUT2D eigenvalue weighted by Crippen LogP contribution is 2.25. The SMILES string of the molecule is COc1ccc(C(C)(C)C)nc1N. The van der Waals surface area contributed by atoms with Crippen LogP contribution in [0.1, 0.15) is 26.5 Å². The number of nitrogens with two attached hydrogens (primary N) is 1. The Morgan fingerprint density at radius 2 is 1.92 bits per heavy atom. The van der Waals surface area contributed by atoms with Crippen molar-refractivity contribution in [3.05, 3.63) is 17.8 Å². The number of methoxy groups -OCH3 is 1. The molecule has 0 saturated carbocycles. The molecular formula is C10H16N2O.